The standard InChI is InChI=1S/CHO3P.2Na.2H/c2-1(3)5-4;;;;/h(H,2,3);;;;/q;2*+1;2*-1. The van der Waals surface area contributed by atoms with Crippen LogP contribution in [0.1, 0.15) is 2.85 Å². The molecule has 0 fully saturated rings. The van der Waals surface area contributed by atoms with Crippen molar-refractivity contribution in [1.29, 1.82) is 0 Å². The smallest absolute Gasteiger partial charge is 1.00 e. The van der Waals surface area contributed by atoms with E-state index in [2.05, 4.69) is 0 Å². The van der Waals surface area contributed by atoms with Crippen molar-refractivity contribution < 1.29 is 76.4 Å². The van der Waals surface area contributed by atoms with Gasteiger partial charge in [0.25, 0.3) is 8.46 Å². The maximum absolute atomic E-state index is 9.04. The van der Waals surface area contributed by atoms with Gasteiger partial charge < -0.3 is 7.96 Å². The van der Waals surface area contributed by atoms with Crippen molar-refractivity contribution in [3.05, 3.63) is 0 Å². The fourth-order valence-corrected chi connectivity index (χ4v) is 0. The van der Waals surface area contributed by atoms with Gasteiger partial charge in [-0.1, -0.05) is 0 Å². The van der Waals surface area contributed by atoms with Gasteiger partial charge in [0, 0.05) is 0 Å². The molecule has 0 unspecified atom stereocenters. The van der Waals surface area contributed by atoms with E-state index in [0.717, 1.165) is 0 Å². The zero-order valence-corrected chi connectivity index (χ0v) is 9.11. The third-order valence-corrected chi connectivity index (χ3v) is 0.234. The molecule has 0 rings (SSSR count). The predicted molar refractivity (Wildman–Crippen MR) is 17.9 cm³/mol. The van der Waals surface area contributed by atoms with Crippen LogP contribution in [-0.4, -0.2) is 10.8 Å². The molecule has 1 N–H and O–H groups in total. The van der Waals surface area contributed by atoms with E-state index in [4.69, 9.17) is 14.5 Å². The summed E-state index contributed by atoms with van der Waals surface area (Å²) in [6.07, 6.45) is 0. The van der Waals surface area contributed by atoms with Crippen LogP contribution in [0.5, 0.6) is 0 Å². The molecule has 32 valence electrons. The summed E-state index contributed by atoms with van der Waals surface area (Å²) < 4.78 is 9.00. The molecule has 0 spiro atoms. The number of carboxylic acid groups (broad SMARTS) is 1. The van der Waals surface area contributed by atoms with Gasteiger partial charge in [0.15, 0.2) is 0 Å². The molecule has 0 saturated carbocycles. The van der Waals surface area contributed by atoms with Gasteiger partial charge in [-0.25, -0.2) is 4.79 Å². The molecule has 0 bridgehead atoms. The maximum Gasteiger partial charge on any atom is 1.00 e. The Morgan fingerprint density at radius 3 is 1.71 bits per heavy atom. The molecule has 0 aliphatic rings. The summed E-state index contributed by atoms with van der Waals surface area (Å²) in [6, 6.07) is 0. The second-order valence-electron chi connectivity index (χ2n) is 0.374. The largest absolute Gasteiger partial charge is 1.00 e. The molecular weight excluding hydrogens is 137 g/mol. The van der Waals surface area contributed by atoms with Crippen molar-refractivity contribution >= 4 is 14.2 Å². The molecule has 6 heteroatoms. The Kier molecular flexibility index (Phi) is 23.8. The molecule has 0 heterocycles. The summed E-state index contributed by atoms with van der Waals surface area (Å²) in [5.41, 5.74) is -1.33. The fourth-order valence-electron chi connectivity index (χ4n) is 0. The Hall–Kier alpha value is 1.57. The SMILES string of the molecule is O=PC(=O)O.[H-].[H-].[Na+].[Na+]. The summed E-state index contributed by atoms with van der Waals surface area (Å²) in [6.45, 7) is 0. The minimum absolute atomic E-state index is 0. The Balaban J connectivity index is -0.0000000133. The normalized spacial score (nSPS) is 5.71. The summed E-state index contributed by atoms with van der Waals surface area (Å²) in [5.74, 6) is 0. The maximum atomic E-state index is 9.04. The van der Waals surface area contributed by atoms with E-state index < -0.39 is 14.2 Å². The molecule has 0 aromatic rings. The van der Waals surface area contributed by atoms with Crippen molar-refractivity contribution in [3.8, 4) is 0 Å². The predicted octanol–water partition coefficient (Wildman–Crippen LogP) is -4.81. The van der Waals surface area contributed by atoms with Gasteiger partial charge >= 0.3 is 64.8 Å². The van der Waals surface area contributed by atoms with Gasteiger partial charge in [-0.2, -0.15) is 0 Å². The van der Waals surface area contributed by atoms with Gasteiger partial charge in [0.2, 0.25) is 0 Å². The molecule has 0 radical (unpaired) electrons. The van der Waals surface area contributed by atoms with Gasteiger partial charge in [0.05, 0.1) is 0 Å². The number of rotatable bonds is 1. The van der Waals surface area contributed by atoms with Gasteiger partial charge in [-0.3, -0.25) is 4.57 Å². The van der Waals surface area contributed by atoms with Crippen LogP contribution < -0.4 is 59.1 Å². The second-order valence-corrected chi connectivity index (χ2v) is 0.939. The van der Waals surface area contributed by atoms with Crippen LogP contribution in [0.15, 0.2) is 0 Å². The topological polar surface area (TPSA) is 54.4 Å². The molecular formula is CH3Na2O3P. The average molecular weight is 140 g/mol. The van der Waals surface area contributed by atoms with E-state index >= 15 is 0 Å². The van der Waals surface area contributed by atoms with E-state index in [1.807, 2.05) is 0 Å². The molecule has 7 heavy (non-hydrogen) atoms. The minimum atomic E-state index is -1.33. The fraction of sp³-hybridized carbons (Fsp3) is 0. The Morgan fingerprint density at radius 1 is 1.57 bits per heavy atom. The van der Waals surface area contributed by atoms with E-state index in [1.54, 1.807) is 0 Å². The van der Waals surface area contributed by atoms with E-state index in [1.165, 1.54) is 0 Å². The minimum Gasteiger partial charge on any atom is -1.00 e. The molecule has 0 aromatic heterocycles. The molecule has 0 amide bonds. The quantitative estimate of drug-likeness (QED) is 0.293. The Bertz CT molecular complexity index is 70.8. The van der Waals surface area contributed by atoms with Crippen LogP contribution in [0.3, 0.4) is 0 Å². The van der Waals surface area contributed by atoms with Crippen molar-refractivity contribution in [3.63, 3.8) is 0 Å². The number of hydrogen-bond acceptors (Lipinski definition) is 2. The van der Waals surface area contributed by atoms with Gasteiger partial charge in [-0.15, -0.1) is 0 Å². The average Bonchev–Trinajstić information content (AvgIpc) is 1.38. The molecule has 0 atom stereocenters. The first-order chi connectivity index (χ1) is 2.27. The van der Waals surface area contributed by atoms with Gasteiger partial charge in [0.1, 0.15) is 0 Å². The summed E-state index contributed by atoms with van der Waals surface area (Å²) in [7, 11) is -0.836. The van der Waals surface area contributed by atoms with E-state index in [9.17, 15) is 0 Å². The first-order valence-electron chi connectivity index (χ1n) is 0.834. The monoisotopic (exact) mass is 140 g/mol. The number of hydrogen-bond donors (Lipinski definition) is 1. The van der Waals surface area contributed by atoms with Crippen LogP contribution in [0.25, 0.3) is 0 Å². The molecule has 0 aromatic carbocycles. The van der Waals surface area contributed by atoms with Crippen LogP contribution in [-0.2, 0) is 4.57 Å². The van der Waals surface area contributed by atoms with Crippen molar-refractivity contribution in [2.24, 2.45) is 0 Å². The third kappa shape index (κ3) is 18.4. The van der Waals surface area contributed by atoms with Crippen LogP contribution in [0.4, 0.5) is 4.79 Å². The van der Waals surface area contributed by atoms with Crippen LogP contribution in [0.2, 0.25) is 0 Å². The van der Waals surface area contributed by atoms with Crippen molar-refractivity contribution in [1.82, 2.24) is 0 Å². The van der Waals surface area contributed by atoms with E-state index in [0.29, 0.717) is 0 Å². The molecule has 3 nitrogen and oxygen atoms in total. The van der Waals surface area contributed by atoms with Gasteiger partial charge in [-0.05, 0) is 0 Å². The second kappa shape index (κ2) is 10.5. The molecule has 0 aliphatic heterocycles. The van der Waals surface area contributed by atoms with Crippen molar-refractivity contribution in [2.75, 3.05) is 0 Å². The summed E-state index contributed by atoms with van der Waals surface area (Å²) in [5, 5.41) is 7.40. The summed E-state index contributed by atoms with van der Waals surface area (Å²) in [4.78, 5) is 9.04. The summed E-state index contributed by atoms with van der Waals surface area (Å²) >= 11 is 0. The first kappa shape index (κ1) is 15.8. The molecule has 0 aliphatic carbocycles. The third-order valence-electron chi connectivity index (χ3n) is 0.0781. The zero-order valence-electron chi connectivity index (χ0n) is 6.21. The first-order valence-corrected chi connectivity index (χ1v) is 1.65. The van der Waals surface area contributed by atoms with Crippen LogP contribution >= 0.6 is 8.46 Å². The molecule has 0 saturated heterocycles. The Labute approximate surface area is 89.6 Å². The van der Waals surface area contributed by atoms with Crippen molar-refractivity contribution in [2.45, 2.75) is 0 Å². The number of carbonyl (C=O) groups is 1. The Morgan fingerprint density at radius 2 is 1.71 bits per heavy atom. The zero-order chi connectivity index (χ0) is 4.28. The van der Waals surface area contributed by atoms with E-state index in [-0.39, 0.29) is 62.0 Å². The van der Waals surface area contributed by atoms with Crippen LogP contribution in [0, 0.1) is 0 Å².